The average Bonchev–Trinajstić information content (AvgIpc) is 2.33. The minimum absolute atomic E-state index is 0. The quantitative estimate of drug-likeness (QED) is 0.609. The number of benzene rings is 1. The van der Waals surface area contributed by atoms with Gasteiger partial charge >= 0.3 is 18.3 Å². The monoisotopic (exact) mass is 336 g/mol. The third-order valence-corrected chi connectivity index (χ3v) is 2.49. The van der Waals surface area contributed by atoms with E-state index >= 15 is 0 Å². The second kappa shape index (κ2) is 7.02. The molecule has 0 unspecified atom stereocenters. The molecule has 21 heavy (non-hydrogen) atoms. The maximum Gasteiger partial charge on any atom is 0.416 e. The van der Waals surface area contributed by atoms with Gasteiger partial charge in [0.25, 0.3) is 0 Å². The van der Waals surface area contributed by atoms with Gasteiger partial charge in [0.2, 0.25) is 0 Å². The highest BCUT2D eigenvalue weighted by Crippen LogP contribution is 2.36. The largest absolute Gasteiger partial charge is 0.469 e. The predicted molar refractivity (Wildman–Crippen MR) is 64.0 cm³/mol. The van der Waals surface area contributed by atoms with Crippen molar-refractivity contribution in [1.29, 1.82) is 0 Å². The Morgan fingerprint density at radius 3 is 1.76 bits per heavy atom. The average molecular weight is 337 g/mol. The molecule has 0 amide bonds. The summed E-state index contributed by atoms with van der Waals surface area (Å²) in [4.78, 5) is 10.9. The van der Waals surface area contributed by atoms with E-state index in [1.165, 1.54) is 0 Å². The van der Waals surface area contributed by atoms with Gasteiger partial charge in [-0.25, -0.2) is 0 Å². The number of alkyl halides is 6. The Bertz CT molecular complexity index is 463. The summed E-state index contributed by atoms with van der Waals surface area (Å²) in [7, 11) is 1.08. The minimum Gasteiger partial charge on any atom is -0.469 e. The lowest BCUT2D eigenvalue weighted by Gasteiger charge is -2.14. The SMILES string of the molecule is COC(=O)CCc1cc(C(F)(F)F)cc(C(F)(F)F)c1.Cl. The Labute approximate surface area is 122 Å². The smallest absolute Gasteiger partial charge is 0.416 e. The van der Waals surface area contributed by atoms with Crippen molar-refractivity contribution in [1.82, 2.24) is 0 Å². The molecule has 2 nitrogen and oxygen atoms in total. The molecule has 0 aliphatic rings. The van der Waals surface area contributed by atoms with Crippen LogP contribution in [0.15, 0.2) is 18.2 Å². The van der Waals surface area contributed by atoms with Crippen LogP contribution >= 0.6 is 12.4 Å². The first-order chi connectivity index (χ1) is 9.04. The lowest BCUT2D eigenvalue weighted by Crippen LogP contribution is -2.12. The van der Waals surface area contributed by atoms with Gasteiger partial charge in [0, 0.05) is 6.42 Å². The number of halogens is 7. The van der Waals surface area contributed by atoms with Crippen LogP contribution in [0.3, 0.4) is 0 Å². The van der Waals surface area contributed by atoms with E-state index in [1.54, 1.807) is 0 Å². The highest BCUT2D eigenvalue weighted by atomic mass is 35.5. The van der Waals surface area contributed by atoms with Crippen molar-refractivity contribution in [2.75, 3.05) is 7.11 Å². The molecule has 120 valence electrons. The number of carbonyl (C=O) groups excluding carboxylic acids is 1. The topological polar surface area (TPSA) is 26.3 Å². The second-order valence-electron chi connectivity index (χ2n) is 3.99. The Morgan fingerprint density at radius 2 is 1.43 bits per heavy atom. The fourth-order valence-corrected chi connectivity index (χ4v) is 1.51. The van der Waals surface area contributed by atoms with Crippen LogP contribution in [0, 0.1) is 0 Å². The standard InChI is InChI=1S/C12H10F6O2.ClH/c1-20-10(19)3-2-7-4-8(11(13,14)15)6-9(5-7)12(16,17)18;/h4-6H,2-3H2,1H3;1H. The number of hydrogen-bond acceptors (Lipinski definition) is 2. The third-order valence-electron chi connectivity index (χ3n) is 2.49. The third kappa shape index (κ3) is 5.82. The number of aryl methyl sites for hydroxylation is 1. The number of carbonyl (C=O) groups is 1. The molecule has 0 saturated heterocycles. The van der Waals surface area contributed by atoms with E-state index in [2.05, 4.69) is 4.74 Å². The molecule has 0 aromatic heterocycles. The fourth-order valence-electron chi connectivity index (χ4n) is 1.51. The van der Waals surface area contributed by atoms with E-state index < -0.39 is 29.4 Å². The molecule has 0 N–H and O–H groups in total. The van der Waals surface area contributed by atoms with Crippen molar-refractivity contribution < 1.29 is 35.9 Å². The molecule has 0 aliphatic heterocycles. The number of methoxy groups -OCH3 is 1. The van der Waals surface area contributed by atoms with Gasteiger partial charge in [-0.1, -0.05) is 0 Å². The lowest BCUT2D eigenvalue weighted by atomic mass is 10.0. The first kappa shape index (κ1) is 19.6. The highest BCUT2D eigenvalue weighted by molar-refractivity contribution is 5.85. The molecule has 0 bridgehead atoms. The molecule has 1 aromatic carbocycles. The van der Waals surface area contributed by atoms with Crippen molar-refractivity contribution in [2.45, 2.75) is 25.2 Å². The first-order valence-electron chi connectivity index (χ1n) is 5.39. The van der Waals surface area contributed by atoms with Crippen LogP contribution in [0.5, 0.6) is 0 Å². The normalized spacial score (nSPS) is 11.8. The zero-order chi connectivity index (χ0) is 15.6. The second-order valence-corrected chi connectivity index (χ2v) is 3.99. The van der Waals surface area contributed by atoms with Crippen molar-refractivity contribution in [3.8, 4) is 0 Å². The predicted octanol–water partition coefficient (Wildman–Crippen LogP) is 4.25. The molecule has 0 fully saturated rings. The lowest BCUT2D eigenvalue weighted by molar-refractivity contribution is -0.143. The summed E-state index contributed by atoms with van der Waals surface area (Å²) >= 11 is 0. The van der Waals surface area contributed by atoms with Crippen molar-refractivity contribution in [3.63, 3.8) is 0 Å². The van der Waals surface area contributed by atoms with E-state index in [-0.39, 0.29) is 36.9 Å². The minimum atomic E-state index is -4.89. The van der Waals surface area contributed by atoms with Crippen molar-refractivity contribution >= 4 is 18.4 Å². The molecule has 0 heterocycles. The van der Waals surface area contributed by atoms with Gasteiger partial charge in [0.1, 0.15) is 0 Å². The van der Waals surface area contributed by atoms with Gasteiger partial charge in [-0.2, -0.15) is 26.3 Å². The molecular weight excluding hydrogens is 326 g/mol. The van der Waals surface area contributed by atoms with E-state index in [9.17, 15) is 31.1 Å². The van der Waals surface area contributed by atoms with E-state index in [1.807, 2.05) is 0 Å². The molecule has 1 aromatic rings. The highest BCUT2D eigenvalue weighted by Gasteiger charge is 2.36. The van der Waals surface area contributed by atoms with Gasteiger partial charge in [-0.3, -0.25) is 4.79 Å². The maximum absolute atomic E-state index is 12.5. The van der Waals surface area contributed by atoms with Crippen LogP contribution < -0.4 is 0 Å². The molecule has 0 spiro atoms. The number of rotatable bonds is 3. The Kier molecular flexibility index (Phi) is 6.54. The summed E-state index contributed by atoms with van der Waals surface area (Å²) in [6.07, 6.45) is -10.3. The van der Waals surface area contributed by atoms with Gasteiger partial charge in [0.15, 0.2) is 0 Å². The van der Waals surface area contributed by atoms with Gasteiger partial charge in [-0.15, -0.1) is 12.4 Å². The number of esters is 1. The van der Waals surface area contributed by atoms with Gasteiger partial charge < -0.3 is 4.74 Å². The number of ether oxygens (including phenoxy) is 1. The molecular formula is C12H11ClF6O2. The van der Waals surface area contributed by atoms with Gasteiger partial charge in [-0.05, 0) is 30.2 Å². The van der Waals surface area contributed by atoms with Gasteiger partial charge in [0.05, 0.1) is 18.2 Å². The Hall–Kier alpha value is -1.44. The first-order valence-corrected chi connectivity index (χ1v) is 5.39. The summed E-state index contributed by atoms with van der Waals surface area (Å²) in [5, 5.41) is 0. The molecule has 1 rings (SSSR count). The van der Waals surface area contributed by atoms with Crippen LogP contribution in [0.1, 0.15) is 23.1 Å². The summed E-state index contributed by atoms with van der Waals surface area (Å²) in [6, 6.07) is 1.23. The summed E-state index contributed by atoms with van der Waals surface area (Å²) in [6.45, 7) is 0. The molecule has 0 aliphatic carbocycles. The van der Waals surface area contributed by atoms with E-state index in [4.69, 9.17) is 0 Å². The molecule has 0 radical (unpaired) electrons. The van der Waals surface area contributed by atoms with E-state index in [0.717, 1.165) is 7.11 Å². The summed E-state index contributed by atoms with van der Waals surface area (Å²) < 4.78 is 79.5. The molecule has 9 heteroatoms. The van der Waals surface area contributed by atoms with Crippen LogP contribution in [0.4, 0.5) is 26.3 Å². The maximum atomic E-state index is 12.5. The molecule has 0 atom stereocenters. The Balaban J connectivity index is 0.00000400. The zero-order valence-electron chi connectivity index (χ0n) is 10.6. The van der Waals surface area contributed by atoms with Crippen molar-refractivity contribution in [3.05, 3.63) is 34.9 Å². The molecule has 0 saturated carbocycles. The fraction of sp³-hybridized carbons (Fsp3) is 0.417. The van der Waals surface area contributed by atoms with Crippen LogP contribution in [0.25, 0.3) is 0 Å². The van der Waals surface area contributed by atoms with Crippen molar-refractivity contribution in [2.24, 2.45) is 0 Å². The van der Waals surface area contributed by atoms with Crippen LogP contribution in [0.2, 0.25) is 0 Å². The van der Waals surface area contributed by atoms with E-state index in [0.29, 0.717) is 12.1 Å². The van der Waals surface area contributed by atoms with Crippen LogP contribution in [-0.4, -0.2) is 13.1 Å². The summed E-state index contributed by atoms with van der Waals surface area (Å²) in [5.74, 6) is -0.712. The Morgan fingerprint density at radius 1 is 1.00 bits per heavy atom. The zero-order valence-corrected chi connectivity index (χ0v) is 11.5. The summed E-state index contributed by atoms with van der Waals surface area (Å²) in [5.41, 5.74) is -3.02. The number of hydrogen-bond donors (Lipinski definition) is 0. The van der Waals surface area contributed by atoms with Crippen LogP contribution in [-0.2, 0) is 28.3 Å².